The number of benzene rings is 1. The van der Waals surface area contributed by atoms with Crippen molar-refractivity contribution in [2.45, 2.75) is 25.9 Å². The number of nitrogens with zero attached hydrogens (tertiary/aromatic N) is 3. The molecular weight excluding hydrogens is 322 g/mol. The number of hydrogen-bond acceptors (Lipinski definition) is 6. The minimum atomic E-state index is -0.274. The van der Waals surface area contributed by atoms with Crippen molar-refractivity contribution in [1.29, 1.82) is 0 Å². The van der Waals surface area contributed by atoms with E-state index in [4.69, 9.17) is 10.3 Å². The van der Waals surface area contributed by atoms with Crippen molar-refractivity contribution in [3.8, 4) is 0 Å². The van der Waals surface area contributed by atoms with Gasteiger partial charge in [0.05, 0.1) is 18.9 Å². The molecule has 0 unspecified atom stereocenters. The lowest BCUT2D eigenvalue weighted by atomic mass is 10.1. The molecule has 0 bridgehead atoms. The Kier molecular flexibility index (Phi) is 5.39. The number of nitrogens with one attached hydrogen (secondary N) is 1. The summed E-state index contributed by atoms with van der Waals surface area (Å²) in [4.78, 5) is 29.4. The van der Waals surface area contributed by atoms with Crippen LogP contribution in [0.2, 0.25) is 0 Å². The molecule has 8 nitrogen and oxygen atoms in total. The monoisotopic (exact) mass is 343 g/mol. The average molecular weight is 343 g/mol. The van der Waals surface area contributed by atoms with Gasteiger partial charge in [-0.05, 0) is 18.5 Å². The lowest BCUT2D eigenvalue weighted by molar-refractivity contribution is -0.122. The lowest BCUT2D eigenvalue weighted by Crippen LogP contribution is -2.27. The van der Waals surface area contributed by atoms with Gasteiger partial charge in [-0.1, -0.05) is 35.5 Å². The zero-order chi connectivity index (χ0) is 17.6. The summed E-state index contributed by atoms with van der Waals surface area (Å²) in [5.74, 6) is 0.239. The third-order valence-electron chi connectivity index (χ3n) is 4.19. The second kappa shape index (κ2) is 7.89. The van der Waals surface area contributed by atoms with E-state index in [-0.39, 0.29) is 24.2 Å². The Morgan fingerprint density at radius 3 is 2.84 bits per heavy atom. The molecule has 1 aromatic carbocycles. The van der Waals surface area contributed by atoms with Crippen LogP contribution in [0.1, 0.15) is 23.7 Å². The Bertz CT molecular complexity index is 731. The molecule has 2 amide bonds. The number of hydrogen-bond donors (Lipinski definition) is 2. The van der Waals surface area contributed by atoms with Gasteiger partial charge in [-0.25, -0.2) is 0 Å². The van der Waals surface area contributed by atoms with E-state index in [9.17, 15) is 9.59 Å². The van der Waals surface area contributed by atoms with E-state index < -0.39 is 0 Å². The van der Waals surface area contributed by atoms with Crippen LogP contribution in [0, 0.1) is 5.92 Å². The van der Waals surface area contributed by atoms with Crippen molar-refractivity contribution in [3.05, 3.63) is 47.6 Å². The molecule has 0 aliphatic carbocycles. The number of aromatic nitrogens is 2. The van der Waals surface area contributed by atoms with Gasteiger partial charge in [-0.2, -0.15) is 4.98 Å². The zero-order valence-electron chi connectivity index (χ0n) is 13.9. The summed E-state index contributed by atoms with van der Waals surface area (Å²) in [6.45, 7) is 2.29. The second-order valence-electron chi connectivity index (χ2n) is 6.17. The van der Waals surface area contributed by atoms with Gasteiger partial charge >= 0.3 is 0 Å². The molecule has 1 aliphatic rings. The smallest absolute Gasteiger partial charge is 0.240 e. The molecule has 3 N–H and O–H groups in total. The molecule has 25 heavy (non-hydrogen) atoms. The first kappa shape index (κ1) is 17.1. The highest BCUT2D eigenvalue weighted by atomic mass is 16.5. The fraction of sp³-hybridized carbons (Fsp3) is 0.412. The largest absolute Gasteiger partial charge is 0.369 e. The predicted octanol–water partition coefficient (Wildman–Crippen LogP) is 0.236. The van der Waals surface area contributed by atoms with Gasteiger partial charge in [0.1, 0.15) is 0 Å². The van der Waals surface area contributed by atoms with E-state index in [1.165, 1.54) is 0 Å². The number of amides is 2. The standard InChI is InChI=1S/C17H21N5O3/c18-17(24)13-6-7-22(10-13)11-16-20-14(21-25-16)8-15(23)19-9-12-4-2-1-3-5-12/h1-5,13H,6-11H2,(H2,18,24)(H,19,23)/t13-/m0/s1. The molecule has 8 heteroatoms. The molecule has 0 spiro atoms. The van der Waals surface area contributed by atoms with Gasteiger partial charge in [0, 0.05) is 13.1 Å². The fourth-order valence-electron chi connectivity index (χ4n) is 2.83. The number of rotatable bonds is 7. The molecule has 2 aromatic rings. The molecule has 1 aromatic heterocycles. The number of carbonyl (C=O) groups is 2. The highest BCUT2D eigenvalue weighted by Crippen LogP contribution is 2.17. The van der Waals surface area contributed by atoms with Crippen molar-refractivity contribution in [3.63, 3.8) is 0 Å². The van der Waals surface area contributed by atoms with Gasteiger partial charge in [0.15, 0.2) is 5.82 Å². The zero-order valence-corrected chi connectivity index (χ0v) is 13.9. The van der Waals surface area contributed by atoms with Crippen LogP contribution in [0.4, 0.5) is 0 Å². The minimum Gasteiger partial charge on any atom is -0.369 e. The van der Waals surface area contributed by atoms with Crippen LogP contribution in [0.5, 0.6) is 0 Å². The average Bonchev–Trinajstić information content (AvgIpc) is 3.24. The first-order valence-corrected chi connectivity index (χ1v) is 8.24. The van der Waals surface area contributed by atoms with Gasteiger partial charge in [-0.15, -0.1) is 0 Å². The quantitative estimate of drug-likeness (QED) is 0.744. The van der Waals surface area contributed by atoms with E-state index in [0.29, 0.717) is 31.3 Å². The molecule has 1 aliphatic heterocycles. The molecular formula is C17H21N5O3. The Balaban J connectivity index is 1.45. The summed E-state index contributed by atoms with van der Waals surface area (Å²) in [6.07, 6.45) is 0.818. The first-order chi connectivity index (χ1) is 12.1. The summed E-state index contributed by atoms with van der Waals surface area (Å²) in [5.41, 5.74) is 6.35. The van der Waals surface area contributed by atoms with Gasteiger partial charge < -0.3 is 15.6 Å². The van der Waals surface area contributed by atoms with Crippen molar-refractivity contribution in [2.24, 2.45) is 11.7 Å². The highest BCUT2D eigenvalue weighted by molar-refractivity contribution is 5.77. The van der Waals surface area contributed by atoms with E-state index >= 15 is 0 Å². The maximum absolute atomic E-state index is 12.0. The molecule has 0 radical (unpaired) electrons. The summed E-state index contributed by atoms with van der Waals surface area (Å²) < 4.78 is 5.19. The molecule has 1 saturated heterocycles. The number of carbonyl (C=O) groups excluding carboxylic acids is 2. The van der Waals surface area contributed by atoms with Crippen molar-refractivity contribution < 1.29 is 14.1 Å². The Hall–Kier alpha value is -2.74. The van der Waals surface area contributed by atoms with Crippen molar-refractivity contribution >= 4 is 11.8 Å². The summed E-state index contributed by atoms with van der Waals surface area (Å²) in [6, 6.07) is 9.67. The van der Waals surface area contributed by atoms with Gasteiger partial charge in [-0.3, -0.25) is 14.5 Å². The normalized spacial score (nSPS) is 17.5. The maximum atomic E-state index is 12.0. The minimum absolute atomic E-state index is 0.0697. The van der Waals surface area contributed by atoms with Crippen LogP contribution < -0.4 is 11.1 Å². The number of likely N-dealkylation sites (tertiary alicyclic amines) is 1. The fourth-order valence-corrected chi connectivity index (χ4v) is 2.83. The predicted molar refractivity (Wildman–Crippen MR) is 88.9 cm³/mol. The Labute approximate surface area is 145 Å². The van der Waals surface area contributed by atoms with Crippen LogP contribution in [-0.4, -0.2) is 39.9 Å². The van der Waals surface area contributed by atoms with Gasteiger partial charge in [0.25, 0.3) is 0 Å². The molecule has 3 rings (SSSR count). The van der Waals surface area contributed by atoms with Crippen LogP contribution in [0.3, 0.4) is 0 Å². The number of nitrogens with two attached hydrogens (primary N) is 1. The second-order valence-corrected chi connectivity index (χ2v) is 6.17. The molecule has 1 atom stereocenters. The molecule has 2 heterocycles. The van der Waals surface area contributed by atoms with E-state index in [2.05, 4.69) is 15.5 Å². The van der Waals surface area contributed by atoms with Crippen molar-refractivity contribution in [2.75, 3.05) is 13.1 Å². The van der Waals surface area contributed by atoms with E-state index in [1.54, 1.807) is 0 Å². The Morgan fingerprint density at radius 2 is 2.12 bits per heavy atom. The topological polar surface area (TPSA) is 114 Å². The number of primary amides is 1. The summed E-state index contributed by atoms with van der Waals surface area (Å²) in [7, 11) is 0. The molecule has 1 fully saturated rings. The third-order valence-corrected chi connectivity index (χ3v) is 4.19. The highest BCUT2D eigenvalue weighted by Gasteiger charge is 2.27. The van der Waals surface area contributed by atoms with Gasteiger partial charge in [0.2, 0.25) is 17.7 Å². The van der Waals surface area contributed by atoms with E-state index in [0.717, 1.165) is 18.5 Å². The van der Waals surface area contributed by atoms with Crippen LogP contribution in [0.25, 0.3) is 0 Å². The van der Waals surface area contributed by atoms with E-state index in [1.807, 2.05) is 35.2 Å². The summed E-state index contributed by atoms with van der Waals surface area (Å²) >= 11 is 0. The Morgan fingerprint density at radius 1 is 1.32 bits per heavy atom. The maximum Gasteiger partial charge on any atom is 0.240 e. The summed E-state index contributed by atoms with van der Waals surface area (Å²) in [5, 5.41) is 6.67. The molecule has 132 valence electrons. The lowest BCUT2D eigenvalue weighted by Gasteiger charge is -2.11. The SMILES string of the molecule is NC(=O)[C@H]1CCN(Cc2nc(CC(=O)NCc3ccccc3)no2)C1. The molecule has 0 saturated carbocycles. The van der Waals surface area contributed by atoms with Crippen LogP contribution >= 0.6 is 0 Å². The third kappa shape index (κ3) is 4.87. The first-order valence-electron chi connectivity index (χ1n) is 8.24. The van der Waals surface area contributed by atoms with Crippen LogP contribution in [0.15, 0.2) is 34.9 Å². The van der Waals surface area contributed by atoms with Crippen LogP contribution in [-0.2, 0) is 29.1 Å². The van der Waals surface area contributed by atoms with Crippen molar-refractivity contribution in [1.82, 2.24) is 20.4 Å².